The zero-order valence-electron chi connectivity index (χ0n) is 17.3. The molecule has 0 bridgehead atoms. The van der Waals surface area contributed by atoms with Gasteiger partial charge in [0.1, 0.15) is 24.5 Å². The number of hydrogen-bond donors (Lipinski definition) is 3. The molecule has 3 atom stereocenters. The van der Waals surface area contributed by atoms with Gasteiger partial charge >= 0.3 is 6.09 Å². The van der Waals surface area contributed by atoms with E-state index >= 15 is 0 Å². The molecule has 0 radical (unpaired) electrons. The Morgan fingerprint density at radius 1 is 1.19 bits per heavy atom. The van der Waals surface area contributed by atoms with E-state index in [1.54, 1.807) is 12.1 Å². The van der Waals surface area contributed by atoms with E-state index in [4.69, 9.17) is 9.15 Å². The normalized spacial score (nSPS) is 20.6. The van der Waals surface area contributed by atoms with Crippen molar-refractivity contribution in [2.24, 2.45) is 0 Å². The molecule has 0 aliphatic carbocycles. The number of nitrogens with one attached hydrogen (secondary N) is 3. The second-order valence-corrected chi connectivity index (χ2v) is 7.65. The molecule has 4 amide bonds. The van der Waals surface area contributed by atoms with Crippen molar-refractivity contribution in [3.63, 3.8) is 0 Å². The van der Waals surface area contributed by atoms with E-state index in [1.807, 2.05) is 30.3 Å². The van der Waals surface area contributed by atoms with Crippen LogP contribution < -0.4 is 16.0 Å². The van der Waals surface area contributed by atoms with E-state index in [2.05, 4.69) is 16.0 Å². The molecule has 32 heavy (non-hydrogen) atoms. The van der Waals surface area contributed by atoms with Gasteiger partial charge in [0.15, 0.2) is 6.04 Å². The second-order valence-electron chi connectivity index (χ2n) is 7.65. The summed E-state index contributed by atoms with van der Waals surface area (Å²) in [6.45, 7) is 0.810. The third-order valence-corrected chi connectivity index (χ3v) is 5.48. The van der Waals surface area contributed by atoms with Gasteiger partial charge in [-0.3, -0.25) is 19.3 Å². The van der Waals surface area contributed by atoms with Crippen molar-refractivity contribution in [1.82, 2.24) is 20.9 Å². The molecule has 1 aromatic heterocycles. The first-order valence-corrected chi connectivity index (χ1v) is 10.4. The predicted octanol–water partition coefficient (Wildman–Crippen LogP) is 0.853. The lowest BCUT2D eigenvalue weighted by Crippen LogP contribution is -2.63. The highest BCUT2D eigenvalue weighted by Crippen LogP contribution is 2.21. The second kappa shape index (κ2) is 9.54. The van der Waals surface area contributed by atoms with Crippen LogP contribution in [0.4, 0.5) is 4.79 Å². The summed E-state index contributed by atoms with van der Waals surface area (Å²) >= 11 is 0. The summed E-state index contributed by atoms with van der Waals surface area (Å²) in [6.07, 6.45) is 1.89. The van der Waals surface area contributed by atoms with Gasteiger partial charge < -0.3 is 25.1 Å². The van der Waals surface area contributed by atoms with Gasteiger partial charge in [-0.25, -0.2) is 4.79 Å². The maximum absolute atomic E-state index is 13.0. The molecule has 2 unspecified atom stereocenters. The van der Waals surface area contributed by atoms with E-state index in [0.29, 0.717) is 25.9 Å². The Labute approximate surface area is 184 Å². The van der Waals surface area contributed by atoms with Crippen molar-refractivity contribution in [2.75, 3.05) is 13.1 Å². The van der Waals surface area contributed by atoms with Crippen LogP contribution in [0.5, 0.6) is 0 Å². The highest BCUT2D eigenvalue weighted by Gasteiger charge is 2.39. The van der Waals surface area contributed by atoms with Gasteiger partial charge in [-0.05, 0) is 30.5 Å². The van der Waals surface area contributed by atoms with Crippen LogP contribution in [0, 0.1) is 0 Å². The largest absolute Gasteiger partial charge is 0.467 e. The quantitative estimate of drug-likeness (QED) is 0.548. The number of hydrogen-bond acceptors (Lipinski definition) is 6. The number of carbonyl (C=O) groups excluding carboxylic acids is 4. The summed E-state index contributed by atoms with van der Waals surface area (Å²) in [4.78, 5) is 51.2. The Bertz CT molecular complexity index is 978. The molecule has 3 heterocycles. The number of ether oxygens (including phenoxy) is 1. The molecule has 2 aromatic rings. The number of β-lactam (4-membered cyclic amide) rings is 1. The highest BCUT2D eigenvalue weighted by atomic mass is 16.6. The van der Waals surface area contributed by atoms with Crippen molar-refractivity contribution in [3.8, 4) is 0 Å². The highest BCUT2D eigenvalue weighted by molar-refractivity contribution is 5.96. The van der Waals surface area contributed by atoms with Crippen LogP contribution in [0.3, 0.4) is 0 Å². The molecule has 0 saturated carbocycles. The summed E-state index contributed by atoms with van der Waals surface area (Å²) in [6, 6.07) is 9.87. The lowest BCUT2D eigenvalue weighted by molar-refractivity contribution is -0.136. The molecule has 1 aromatic carbocycles. The van der Waals surface area contributed by atoms with Crippen molar-refractivity contribution in [1.29, 1.82) is 0 Å². The monoisotopic (exact) mass is 440 g/mol. The summed E-state index contributed by atoms with van der Waals surface area (Å²) in [5.41, 5.74) is 0.843. The van der Waals surface area contributed by atoms with Gasteiger partial charge in [-0.1, -0.05) is 30.3 Å². The molecular formula is C22H24N4O6. The molecule has 0 spiro atoms. The molecule has 10 nitrogen and oxygen atoms in total. The smallest absolute Gasteiger partial charge is 0.410 e. The van der Waals surface area contributed by atoms with Crippen molar-refractivity contribution >= 4 is 23.8 Å². The standard InChI is InChI=1S/C22H24N4O6/c27-19-15(12-23-19)24-21(29)18(17-9-5-11-31-17)25-20(28)16-8-4-10-26(16)22(30)32-13-14-6-2-1-3-7-14/h1-3,5-7,9,11,15-16,18H,4,8,10,12-13H2,(H,23,27)(H,24,29)(H,25,28)/t15?,16-,18?/m0/s1. The first-order valence-electron chi connectivity index (χ1n) is 10.4. The van der Waals surface area contributed by atoms with Crippen molar-refractivity contribution < 1.29 is 28.3 Å². The molecule has 2 aliphatic rings. The fourth-order valence-electron chi connectivity index (χ4n) is 3.68. The van der Waals surface area contributed by atoms with Crippen LogP contribution in [0.25, 0.3) is 0 Å². The van der Waals surface area contributed by atoms with Crippen LogP contribution in [-0.2, 0) is 25.7 Å². The third-order valence-electron chi connectivity index (χ3n) is 5.48. The Balaban J connectivity index is 1.39. The fraction of sp³-hybridized carbons (Fsp3) is 0.364. The van der Waals surface area contributed by atoms with Crippen LogP contribution in [0.1, 0.15) is 30.2 Å². The van der Waals surface area contributed by atoms with Gasteiger partial charge in [0.05, 0.1) is 6.26 Å². The van der Waals surface area contributed by atoms with Gasteiger partial charge in [-0.15, -0.1) is 0 Å². The number of rotatable bonds is 7. The number of furan rings is 1. The van der Waals surface area contributed by atoms with E-state index in [0.717, 1.165) is 5.56 Å². The Kier molecular flexibility index (Phi) is 6.39. The lowest BCUT2D eigenvalue weighted by Gasteiger charge is -2.29. The Hall–Kier alpha value is -3.82. The van der Waals surface area contributed by atoms with Gasteiger partial charge in [0.2, 0.25) is 11.8 Å². The molecule has 2 fully saturated rings. The first-order chi connectivity index (χ1) is 15.5. The Morgan fingerprint density at radius 2 is 2.00 bits per heavy atom. The minimum absolute atomic E-state index is 0.103. The van der Waals surface area contributed by atoms with E-state index in [-0.39, 0.29) is 18.3 Å². The fourth-order valence-corrected chi connectivity index (χ4v) is 3.68. The van der Waals surface area contributed by atoms with Gasteiger partial charge in [-0.2, -0.15) is 0 Å². The number of nitrogens with zero attached hydrogens (tertiary/aromatic N) is 1. The molecule has 10 heteroatoms. The zero-order valence-corrected chi connectivity index (χ0v) is 17.3. The topological polar surface area (TPSA) is 130 Å². The number of benzene rings is 1. The van der Waals surface area contributed by atoms with E-state index in [9.17, 15) is 19.2 Å². The van der Waals surface area contributed by atoms with Crippen molar-refractivity contribution in [2.45, 2.75) is 37.6 Å². The Morgan fingerprint density at radius 3 is 2.66 bits per heavy atom. The first kappa shape index (κ1) is 21.4. The zero-order chi connectivity index (χ0) is 22.5. The summed E-state index contributed by atoms with van der Waals surface area (Å²) < 4.78 is 10.7. The van der Waals surface area contributed by atoms with Gasteiger partial charge in [0.25, 0.3) is 5.91 Å². The maximum atomic E-state index is 13.0. The molecule has 168 valence electrons. The van der Waals surface area contributed by atoms with Gasteiger partial charge in [0, 0.05) is 13.1 Å². The minimum atomic E-state index is -1.13. The summed E-state index contributed by atoms with van der Waals surface area (Å²) in [5, 5.41) is 7.80. The number of likely N-dealkylation sites (tertiary alicyclic amines) is 1. The lowest BCUT2D eigenvalue weighted by atomic mass is 10.1. The van der Waals surface area contributed by atoms with E-state index in [1.165, 1.54) is 11.2 Å². The van der Waals surface area contributed by atoms with E-state index < -0.39 is 36.0 Å². The van der Waals surface area contributed by atoms with Crippen LogP contribution in [0.2, 0.25) is 0 Å². The number of carbonyl (C=O) groups is 4. The number of amides is 4. The van der Waals surface area contributed by atoms with Crippen molar-refractivity contribution in [3.05, 3.63) is 60.1 Å². The molecule has 2 aliphatic heterocycles. The molecule has 3 N–H and O–H groups in total. The molecular weight excluding hydrogens is 416 g/mol. The molecule has 2 saturated heterocycles. The van der Waals surface area contributed by atoms with Crippen LogP contribution >= 0.6 is 0 Å². The SMILES string of the molecule is O=C1NCC1NC(=O)C(NC(=O)[C@@H]1CCCN1C(=O)OCc1ccccc1)c1ccco1. The van der Waals surface area contributed by atoms with Crippen LogP contribution in [-0.4, -0.2) is 53.9 Å². The van der Waals surface area contributed by atoms with Crippen LogP contribution in [0.15, 0.2) is 53.1 Å². The maximum Gasteiger partial charge on any atom is 0.410 e. The predicted molar refractivity (Wildman–Crippen MR) is 111 cm³/mol. The average Bonchev–Trinajstić information content (AvgIpc) is 3.51. The summed E-state index contributed by atoms with van der Waals surface area (Å²) in [5.74, 6) is -1.11. The average molecular weight is 440 g/mol. The molecule has 4 rings (SSSR count). The minimum Gasteiger partial charge on any atom is -0.467 e. The summed E-state index contributed by atoms with van der Waals surface area (Å²) in [7, 11) is 0. The third kappa shape index (κ3) is 4.74.